The molecule has 2 amide bonds. The molecule has 0 bridgehead atoms. The molecule has 0 aliphatic carbocycles. The van der Waals surface area contributed by atoms with Gasteiger partial charge in [-0.2, -0.15) is 0 Å². The number of hydrogen-bond donors (Lipinski definition) is 2. The van der Waals surface area contributed by atoms with E-state index in [2.05, 4.69) is 10.6 Å². The van der Waals surface area contributed by atoms with Crippen LogP contribution in [0.4, 0.5) is 5.69 Å². The normalized spacial score (nSPS) is 18.2. The van der Waals surface area contributed by atoms with Crippen LogP contribution in [0.15, 0.2) is 30.3 Å². The third-order valence-corrected chi connectivity index (χ3v) is 3.34. The van der Waals surface area contributed by atoms with Crippen LogP contribution in [-0.4, -0.2) is 42.9 Å². The predicted octanol–water partition coefficient (Wildman–Crippen LogP) is 0.835. The number of likely N-dealkylation sites (tertiary alicyclic amines) is 1. The number of rotatable bonds is 4. The van der Waals surface area contributed by atoms with Crippen molar-refractivity contribution in [1.82, 2.24) is 10.2 Å². The van der Waals surface area contributed by atoms with Gasteiger partial charge in [0, 0.05) is 19.3 Å². The molecule has 102 valence electrons. The Morgan fingerprint density at radius 2 is 2.05 bits per heavy atom. The lowest BCUT2D eigenvalue weighted by Gasteiger charge is -2.23. The number of hydrogen-bond acceptors (Lipinski definition) is 3. The first-order chi connectivity index (χ1) is 9.22. The molecule has 1 aliphatic rings. The summed E-state index contributed by atoms with van der Waals surface area (Å²) in [5, 5.41) is 5.69. The Morgan fingerprint density at radius 3 is 2.74 bits per heavy atom. The molecule has 1 heterocycles. The summed E-state index contributed by atoms with van der Waals surface area (Å²) in [4.78, 5) is 25.5. The van der Waals surface area contributed by atoms with Crippen molar-refractivity contribution in [2.45, 2.75) is 18.9 Å². The maximum atomic E-state index is 12.1. The standard InChI is InChI=1S/C14H19N3O2/c1-15-14(19)12-8-5-9-17(12)13(18)10-16-11-6-3-2-4-7-11/h2-4,6-7,12,16H,5,8-10H2,1H3,(H,15,19). The average Bonchev–Trinajstić information content (AvgIpc) is 2.94. The minimum atomic E-state index is -0.310. The number of amides is 2. The Morgan fingerprint density at radius 1 is 1.32 bits per heavy atom. The fraction of sp³-hybridized carbons (Fsp3) is 0.429. The first-order valence-electron chi connectivity index (χ1n) is 6.52. The summed E-state index contributed by atoms with van der Waals surface area (Å²) in [5.41, 5.74) is 0.909. The zero-order valence-corrected chi connectivity index (χ0v) is 11.1. The first kappa shape index (κ1) is 13.4. The van der Waals surface area contributed by atoms with Crippen molar-refractivity contribution < 1.29 is 9.59 Å². The summed E-state index contributed by atoms with van der Waals surface area (Å²) in [6.07, 6.45) is 1.63. The van der Waals surface area contributed by atoms with Gasteiger partial charge in [-0.1, -0.05) is 18.2 Å². The molecule has 5 nitrogen and oxygen atoms in total. The molecule has 19 heavy (non-hydrogen) atoms. The van der Waals surface area contributed by atoms with Crippen LogP contribution >= 0.6 is 0 Å². The van der Waals surface area contributed by atoms with Crippen molar-refractivity contribution >= 4 is 17.5 Å². The maximum Gasteiger partial charge on any atom is 0.242 e. The highest BCUT2D eigenvalue weighted by atomic mass is 16.2. The molecule has 1 aliphatic heterocycles. The third kappa shape index (κ3) is 3.24. The first-order valence-corrected chi connectivity index (χ1v) is 6.52. The Kier molecular flexibility index (Phi) is 4.39. The van der Waals surface area contributed by atoms with Crippen molar-refractivity contribution in [2.24, 2.45) is 0 Å². The van der Waals surface area contributed by atoms with Crippen LogP contribution in [0.25, 0.3) is 0 Å². The van der Waals surface area contributed by atoms with Crippen molar-refractivity contribution in [3.05, 3.63) is 30.3 Å². The largest absolute Gasteiger partial charge is 0.376 e. The Labute approximate surface area is 113 Å². The summed E-state index contributed by atoms with van der Waals surface area (Å²) in [6.45, 7) is 0.880. The third-order valence-electron chi connectivity index (χ3n) is 3.34. The molecule has 1 unspecified atom stereocenters. The van der Waals surface area contributed by atoms with Gasteiger partial charge < -0.3 is 15.5 Å². The van der Waals surface area contributed by atoms with Crippen molar-refractivity contribution in [3.63, 3.8) is 0 Å². The van der Waals surface area contributed by atoms with E-state index in [4.69, 9.17) is 0 Å². The minimum absolute atomic E-state index is 0.0325. The molecule has 5 heteroatoms. The molecule has 0 aromatic heterocycles. The van der Waals surface area contributed by atoms with E-state index in [9.17, 15) is 9.59 Å². The SMILES string of the molecule is CNC(=O)C1CCCN1C(=O)CNc1ccccc1. The zero-order valence-electron chi connectivity index (χ0n) is 11.1. The molecule has 0 saturated carbocycles. The maximum absolute atomic E-state index is 12.1. The van der Waals surface area contributed by atoms with E-state index < -0.39 is 0 Å². The van der Waals surface area contributed by atoms with Crippen molar-refractivity contribution in [2.75, 3.05) is 25.5 Å². The second-order valence-corrected chi connectivity index (χ2v) is 4.58. The van der Waals surface area contributed by atoms with Gasteiger partial charge in [0.05, 0.1) is 6.54 Å². The highest BCUT2D eigenvalue weighted by molar-refractivity contribution is 5.89. The lowest BCUT2D eigenvalue weighted by atomic mass is 10.2. The van der Waals surface area contributed by atoms with Crippen molar-refractivity contribution in [1.29, 1.82) is 0 Å². The van der Waals surface area contributed by atoms with E-state index in [1.165, 1.54) is 0 Å². The van der Waals surface area contributed by atoms with E-state index in [0.29, 0.717) is 6.54 Å². The second kappa shape index (κ2) is 6.22. The Hall–Kier alpha value is -2.04. The number of benzene rings is 1. The molecule has 0 radical (unpaired) electrons. The monoisotopic (exact) mass is 261 g/mol. The van der Waals surface area contributed by atoms with E-state index in [1.54, 1.807) is 11.9 Å². The highest BCUT2D eigenvalue weighted by Crippen LogP contribution is 2.17. The van der Waals surface area contributed by atoms with Crippen LogP contribution < -0.4 is 10.6 Å². The van der Waals surface area contributed by atoms with Crippen LogP contribution in [0.2, 0.25) is 0 Å². The fourth-order valence-electron chi connectivity index (χ4n) is 2.34. The van der Waals surface area contributed by atoms with Crippen LogP contribution in [0.3, 0.4) is 0 Å². The number of carbonyl (C=O) groups excluding carboxylic acids is 2. The summed E-state index contributed by atoms with van der Waals surface area (Å²) in [5.74, 6) is -0.111. The smallest absolute Gasteiger partial charge is 0.242 e. The average molecular weight is 261 g/mol. The van der Waals surface area contributed by atoms with E-state index >= 15 is 0 Å². The molecule has 2 N–H and O–H groups in total. The predicted molar refractivity (Wildman–Crippen MR) is 73.7 cm³/mol. The van der Waals surface area contributed by atoms with Crippen LogP contribution in [0.5, 0.6) is 0 Å². The molecule has 1 aromatic carbocycles. The second-order valence-electron chi connectivity index (χ2n) is 4.58. The lowest BCUT2D eigenvalue weighted by Crippen LogP contribution is -2.46. The van der Waals surface area contributed by atoms with E-state index in [-0.39, 0.29) is 24.4 Å². The number of para-hydroxylation sites is 1. The van der Waals surface area contributed by atoms with Gasteiger partial charge in [0.25, 0.3) is 0 Å². The lowest BCUT2D eigenvalue weighted by molar-refractivity contribution is -0.136. The fourth-order valence-corrected chi connectivity index (χ4v) is 2.34. The van der Waals surface area contributed by atoms with Crippen LogP contribution in [0.1, 0.15) is 12.8 Å². The molecule has 1 fully saturated rings. The number of nitrogens with zero attached hydrogens (tertiary/aromatic N) is 1. The molecular formula is C14H19N3O2. The van der Waals surface area contributed by atoms with E-state index in [1.807, 2.05) is 30.3 Å². The quantitative estimate of drug-likeness (QED) is 0.844. The highest BCUT2D eigenvalue weighted by Gasteiger charge is 2.32. The van der Waals surface area contributed by atoms with Crippen LogP contribution in [0, 0.1) is 0 Å². The summed E-state index contributed by atoms with van der Waals surface area (Å²) in [6, 6.07) is 9.26. The molecule has 1 atom stereocenters. The molecule has 1 saturated heterocycles. The zero-order chi connectivity index (χ0) is 13.7. The summed E-state index contributed by atoms with van der Waals surface area (Å²) < 4.78 is 0. The van der Waals surface area contributed by atoms with E-state index in [0.717, 1.165) is 18.5 Å². The Balaban J connectivity index is 1.90. The number of carbonyl (C=O) groups is 2. The molecular weight excluding hydrogens is 242 g/mol. The van der Waals surface area contributed by atoms with Crippen molar-refractivity contribution in [3.8, 4) is 0 Å². The number of nitrogens with one attached hydrogen (secondary N) is 2. The summed E-state index contributed by atoms with van der Waals surface area (Å²) in [7, 11) is 1.60. The minimum Gasteiger partial charge on any atom is -0.376 e. The van der Waals surface area contributed by atoms with Gasteiger partial charge in [-0.3, -0.25) is 9.59 Å². The van der Waals surface area contributed by atoms with Gasteiger partial charge in [-0.15, -0.1) is 0 Å². The number of anilines is 1. The summed E-state index contributed by atoms with van der Waals surface area (Å²) >= 11 is 0. The number of likely N-dealkylation sites (N-methyl/N-ethyl adjacent to an activating group) is 1. The molecule has 0 spiro atoms. The topological polar surface area (TPSA) is 61.4 Å². The van der Waals surface area contributed by atoms with Gasteiger partial charge in [0.1, 0.15) is 6.04 Å². The van der Waals surface area contributed by atoms with Crippen LogP contribution in [-0.2, 0) is 9.59 Å². The van der Waals surface area contributed by atoms with Gasteiger partial charge >= 0.3 is 0 Å². The molecule has 2 rings (SSSR count). The van der Waals surface area contributed by atoms with Gasteiger partial charge in [-0.05, 0) is 25.0 Å². The van der Waals surface area contributed by atoms with Gasteiger partial charge in [-0.25, -0.2) is 0 Å². The Bertz CT molecular complexity index is 447. The van der Waals surface area contributed by atoms with Gasteiger partial charge in [0.15, 0.2) is 0 Å². The molecule has 1 aromatic rings. The van der Waals surface area contributed by atoms with Gasteiger partial charge in [0.2, 0.25) is 11.8 Å².